The lowest BCUT2D eigenvalue weighted by Gasteiger charge is -2.31. The first kappa shape index (κ1) is 18.0. The molecule has 2 atom stereocenters. The summed E-state index contributed by atoms with van der Waals surface area (Å²) < 4.78 is 43.8. The molecule has 0 heterocycles. The highest BCUT2D eigenvalue weighted by Gasteiger charge is 2.32. The minimum Gasteiger partial charge on any atom is -0.379 e. The standard InChI is InChI=1S/C16H24F3NO/c1-6-20-14(15(21-5)10(2)3)13-8-7-12(9-11(13)4)16(17,18)19/h7-10,14-15,20H,6H2,1-5H3. The molecule has 1 aromatic rings. The van der Waals surface area contributed by atoms with Crippen LogP contribution in [0.5, 0.6) is 0 Å². The Bertz CT molecular complexity index is 457. The van der Waals surface area contributed by atoms with Crippen molar-refractivity contribution in [2.24, 2.45) is 5.92 Å². The number of likely N-dealkylation sites (N-methyl/N-ethyl adjacent to an activating group) is 1. The maximum atomic E-state index is 12.8. The van der Waals surface area contributed by atoms with E-state index in [2.05, 4.69) is 5.32 Å². The number of methoxy groups -OCH3 is 1. The highest BCUT2D eigenvalue weighted by Crippen LogP contribution is 2.33. The zero-order chi connectivity index (χ0) is 16.2. The topological polar surface area (TPSA) is 21.3 Å². The first-order valence-corrected chi connectivity index (χ1v) is 7.16. The molecular weight excluding hydrogens is 279 g/mol. The number of rotatable bonds is 6. The van der Waals surface area contributed by atoms with Gasteiger partial charge < -0.3 is 10.1 Å². The number of ether oxygens (including phenoxy) is 1. The minimum absolute atomic E-state index is 0.0969. The van der Waals surface area contributed by atoms with Crippen molar-refractivity contribution in [1.29, 1.82) is 0 Å². The molecule has 1 aromatic carbocycles. The van der Waals surface area contributed by atoms with E-state index in [1.54, 1.807) is 20.1 Å². The van der Waals surface area contributed by atoms with Crippen molar-refractivity contribution in [3.8, 4) is 0 Å². The molecule has 0 saturated carbocycles. The normalized spacial score (nSPS) is 15.3. The Morgan fingerprint density at radius 2 is 1.86 bits per heavy atom. The highest BCUT2D eigenvalue weighted by molar-refractivity contribution is 5.35. The molecule has 2 unspecified atom stereocenters. The number of alkyl halides is 3. The summed E-state index contributed by atoms with van der Waals surface area (Å²) in [5, 5.41) is 3.32. The summed E-state index contributed by atoms with van der Waals surface area (Å²) in [6.07, 6.45) is -4.41. The van der Waals surface area contributed by atoms with Gasteiger partial charge in [-0.1, -0.05) is 26.8 Å². The molecule has 1 N–H and O–H groups in total. The number of benzene rings is 1. The van der Waals surface area contributed by atoms with Crippen molar-refractivity contribution in [2.45, 2.75) is 46.0 Å². The lowest BCUT2D eigenvalue weighted by molar-refractivity contribution is -0.137. The molecule has 0 amide bonds. The van der Waals surface area contributed by atoms with E-state index >= 15 is 0 Å². The van der Waals surface area contributed by atoms with E-state index in [1.165, 1.54) is 6.07 Å². The molecule has 0 saturated heterocycles. The summed E-state index contributed by atoms with van der Waals surface area (Å²) >= 11 is 0. The van der Waals surface area contributed by atoms with Crippen LogP contribution in [0.4, 0.5) is 13.2 Å². The van der Waals surface area contributed by atoms with Gasteiger partial charge in [-0.15, -0.1) is 0 Å². The van der Waals surface area contributed by atoms with Crippen LogP contribution in [0.2, 0.25) is 0 Å². The average molecular weight is 303 g/mol. The number of aryl methyl sites for hydroxylation is 1. The van der Waals surface area contributed by atoms with Crippen LogP contribution < -0.4 is 5.32 Å². The molecular formula is C16H24F3NO. The van der Waals surface area contributed by atoms with Gasteiger partial charge in [-0.2, -0.15) is 13.2 Å². The summed E-state index contributed by atoms with van der Waals surface area (Å²) in [7, 11) is 1.63. The van der Waals surface area contributed by atoms with Gasteiger partial charge in [0.15, 0.2) is 0 Å². The molecule has 5 heteroatoms. The number of hydrogen-bond acceptors (Lipinski definition) is 2. The summed E-state index contributed by atoms with van der Waals surface area (Å²) in [5.74, 6) is 0.251. The van der Waals surface area contributed by atoms with Crippen LogP contribution in [-0.2, 0) is 10.9 Å². The Morgan fingerprint density at radius 3 is 2.24 bits per heavy atom. The SMILES string of the molecule is CCNC(c1ccc(C(F)(F)F)cc1C)C(OC)C(C)C. The van der Waals surface area contributed by atoms with Gasteiger partial charge in [0, 0.05) is 7.11 Å². The van der Waals surface area contributed by atoms with Crippen LogP contribution in [0.3, 0.4) is 0 Å². The van der Waals surface area contributed by atoms with E-state index in [4.69, 9.17) is 4.74 Å². The Balaban J connectivity index is 3.20. The second-order valence-electron chi connectivity index (χ2n) is 5.55. The predicted molar refractivity (Wildman–Crippen MR) is 78.2 cm³/mol. The summed E-state index contributed by atoms with van der Waals surface area (Å²) in [6, 6.07) is 3.77. The Morgan fingerprint density at radius 1 is 1.24 bits per heavy atom. The molecule has 0 aliphatic rings. The van der Waals surface area contributed by atoms with Gasteiger partial charge in [0.1, 0.15) is 0 Å². The van der Waals surface area contributed by atoms with Crippen LogP contribution in [0.1, 0.15) is 43.5 Å². The molecule has 2 nitrogen and oxygen atoms in total. The lowest BCUT2D eigenvalue weighted by atomic mass is 9.90. The molecule has 0 aromatic heterocycles. The summed E-state index contributed by atoms with van der Waals surface area (Å²) in [4.78, 5) is 0. The van der Waals surface area contributed by atoms with Crippen molar-refractivity contribution in [3.63, 3.8) is 0 Å². The van der Waals surface area contributed by atoms with E-state index in [0.717, 1.165) is 18.2 Å². The van der Waals surface area contributed by atoms with Gasteiger partial charge in [-0.05, 0) is 42.6 Å². The number of halogens is 3. The zero-order valence-electron chi connectivity index (χ0n) is 13.2. The molecule has 21 heavy (non-hydrogen) atoms. The smallest absolute Gasteiger partial charge is 0.379 e. The zero-order valence-corrected chi connectivity index (χ0v) is 13.2. The van der Waals surface area contributed by atoms with Crippen LogP contribution in [-0.4, -0.2) is 19.8 Å². The van der Waals surface area contributed by atoms with E-state index in [0.29, 0.717) is 5.56 Å². The third kappa shape index (κ3) is 4.45. The Labute approximate surface area is 124 Å². The monoisotopic (exact) mass is 303 g/mol. The van der Waals surface area contributed by atoms with Crippen molar-refractivity contribution in [1.82, 2.24) is 5.32 Å². The van der Waals surface area contributed by atoms with Gasteiger partial charge in [-0.25, -0.2) is 0 Å². The molecule has 0 bridgehead atoms. The van der Waals surface area contributed by atoms with Gasteiger partial charge in [0.05, 0.1) is 17.7 Å². The molecule has 120 valence electrons. The fourth-order valence-corrected chi connectivity index (χ4v) is 2.62. The second kappa shape index (κ2) is 7.27. The van der Waals surface area contributed by atoms with Crippen molar-refractivity contribution in [2.75, 3.05) is 13.7 Å². The summed E-state index contributed by atoms with van der Waals surface area (Å²) in [6.45, 7) is 8.48. The largest absolute Gasteiger partial charge is 0.416 e. The number of nitrogens with one attached hydrogen (secondary N) is 1. The van der Waals surface area contributed by atoms with Crippen LogP contribution in [0.25, 0.3) is 0 Å². The molecule has 0 spiro atoms. The fraction of sp³-hybridized carbons (Fsp3) is 0.625. The first-order chi connectivity index (χ1) is 9.72. The average Bonchev–Trinajstić information content (AvgIpc) is 2.37. The van der Waals surface area contributed by atoms with E-state index in [9.17, 15) is 13.2 Å². The van der Waals surface area contributed by atoms with Crippen molar-refractivity contribution < 1.29 is 17.9 Å². The number of hydrogen-bond donors (Lipinski definition) is 1. The highest BCUT2D eigenvalue weighted by atomic mass is 19.4. The fourth-order valence-electron chi connectivity index (χ4n) is 2.62. The van der Waals surface area contributed by atoms with Crippen molar-refractivity contribution >= 4 is 0 Å². The molecule has 1 rings (SSSR count). The van der Waals surface area contributed by atoms with Gasteiger partial charge in [0.25, 0.3) is 0 Å². The first-order valence-electron chi connectivity index (χ1n) is 7.16. The second-order valence-corrected chi connectivity index (χ2v) is 5.55. The Hall–Kier alpha value is -1.07. The van der Waals surface area contributed by atoms with Crippen LogP contribution in [0.15, 0.2) is 18.2 Å². The molecule has 0 aliphatic carbocycles. The third-order valence-corrected chi connectivity index (χ3v) is 3.61. The van der Waals surface area contributed by atoms with Crippen LogP contribution >= 0.6 is 0 Å². The van der Waals surface area contributed by atoms with Gasteiger partial charge >= 0.3 is 6.18 Å². The molecule has 0 fully saturated rings. The summed E-state index contributed by atoms with van der Waals surface area (Å²) in [5.41, 5.74) is 0.862. The quantitative estimate of drug-likeness (QED) is 0.844. The van der Waals surface area contributed by atoms with E-state index in [-0.39, 0.29) is 18.1 Å². The molecule has 0 radical (unpaired) electrons. The predicted octanol–water partition coefficient (Wildman–Crippen LogP) is 4.34. The third-order valence-electron chi connectivity index (χ3n) is 3.61. The van der Waals surface area contributed by atoms with Gasteiger partial charge in [0.2, 0.25) is 0 Å². The van der Waals surface area contributed by atoms with E-state index in [1.807, 2.05) is 20.8 Å². The minimum atomic E-state index is -4.31. The van der Waals surface area contributed by atoms with Gasteiger partial charge in [-0.3, -0.25) is 0 Å². The maximum absolute atomic E-state index is 12.8. The maximum Gasteiger partial charge on any atom is 0.416 e. The van der Waals surface area contributed by atoms with E-state index < -0.39 is 11.7 Å². The van der Waals surface area contributed by atoms with Crippen molar-refractivity contribution in [3.05, 3.63) is 34.9 Å². The lowest BCUT2D eigenvalue weighted by Crippen LogP contribution is -2.37. The molecule has 0 aliphatic heterocycles. The van der Waals surface area contributed by atoms with Crippen LogP contribution in [0, 0.1) is 12.8 Å². The Kier molecular flexibility index (Phi) is 6.23.